The second-order valence-corrected chi connectivity index (χ2v) is 15.5. The topological polar surface area (TPSA) is 79.3 Å². The molecule has 3 aliphatic rings. The fourth-order valence-electron chi connectivity index (χ4n) is 8.74. The van der Waals surface area contributed by atoms with Crippen molar-refractivity contribution in [2.75, 3.05) is 18.6 Å². The lowest BCUT2D eigenvalue weighted by Gasteiger charge is -2.40. The van der Waals surface area contributed by atoms with Crippen LogP contribution in [0.5, 0.6) is 5.75 Å². The third kappa shape index (κ3) is 5.75. The average molecular weight is 771 g/mol. The molecule has 1 fully saturated rings. The Morgan fingerprint density at radius 3 is 2.39 bits per heavy atom. The molecule has 2 amide bonds. The number of methoxy groups -OCH3 is 1. The van der Waals surface area contributed by atoms with Crippen molar-refractivity contribution >= 4 is 40.1 Å². The summed E-state index contributed by atoms with van der Waals surface area (Å²) in [7, 11) is 1.66. The predicted octanol–water partition coefficient (Wildman–Crippen LogP) is 7.01. The van der Waals surface area contributed by atoms with Crippen LogP contribution in [-0.4, -0.2) is 47.7 Å². The molecule has 8 heteroatoms. The molecule has 0 aromatic heterocycles. The highest BCUT2D eigenvalue weighted by molar-refractivity contribution is 14.1. The van der Waals surface area contributed by atoms with Gasteiger partial charge in [0.15, 0.2) is 5.60 Å². The Morgan fingerprint density at radius 2 is 1.69 bits per heavy atom. The summed E-state index contributed by atoms with van der Waals surface area (Å²) in [5.41, 5.74) is 4.33. The molecule has 4 aromatic carbocycles. The zero-order chi connectivity index (χ0) is 34.5. The molecule has 3 aliphatic heterocycles. The van der Waals surface area contributed by atoms with E-state index >= 15 is 4.79 Å². The predicted molar refractivity (Wildman–Crippen MR) is 198 cm³/mol. The summed E-state index contributed by atoms with van der Waals surface area (Å²) >= 11 is 2.30. The Bertz CT molecular complexity index is 1860. The van der Waals surface area contributed by atoms with Gasteiger partial charge < -0.3 is 24.4 Å². The molecule has 7 rings (SSSR count). The van der Waals surface area contributed by atoms with Gasteiger partial charge in [-0.25, -0.2) is 0 Å². The highest BCUT2D eigenvalue weighted by atomic mass is 127. The van der Waals surface area contributed by atoms with E-state index in [0.717, 1.165) is 42.8 Å². The molecule has 0 unspecified atom stereocenters. The molecular formula is C41H43IN2O5. The number of aliphatic hydroxyl groups excluding tert-OH is 1. The van der Waals surface area contributed by atoms with Crippen LogP contribution in [0.25, 0.3) is 0 Å². The second-order valence-electron chi connectivity index (χ2n) is 14.2. The summed E-state index contributed by atoms with van der Waals surface area (Å²) in [5.74, 6) is 0.119. The van der Waals surface area contributed by atoms with Crippen molar-refractivity contribution in [2.24, 2.45) is 11.8 Å². The molecule has 0 aliphatic carbocycles. The zero-order valence-corrected chi connectivity index (χ0v) is 30.6. The minimum Gasteiger partial charge on any atom is -0.497 e. The molecular weight excluding hydrogens is 727 g/mol. The van der Waals surface area contributed by atoms with Crippen LogP contribution in [0.1, 0.15) is 55.0 Å². The molecule has 1 spiro atoms. The number of carbonyl (C=O) groups is 2. The van der Waals surface area contributed by atoms with E-state index < -0.39 is 17.1 Å². The smallest absolute Gasteiger partial charge is 0.264 e. The van der Waals surface area contributed by atoms with Gasteiger partial charge in [0.25, 0.3) is 5.91 Å². The number of amides is 2. The van der Waals surface area contributed by atoms with Crippen molar-refractivity contribution < 1.29 is 24.2 Å². The van der Waals surface area contributed by atoms with Crippen LogP contribution in [0.4, 0.5) is 5.69 Å². The van der Waals surface area contributed by atoms with E-state index in [2.05, 4.69) is 73.7 Å². The van der Waals surface area contributed by atoms with E-state index in [9.17, 15) is 9.90 Å². The van der Waals surface area contributed by atoms with Gasteiger partial charge >= 0.3 is 0 Å². The van der Waals surface area contributed by atoms with Crippen molar-refractivity contribution in [1.82, 2.24) is 4.90 Å². The molecule has 0 bridgehead atoms. The second kappa shape index (κ2) is 13.2. The maximum Gasteiger partial charge on any atom is 0.264 e. The van der Waals surface area contributed by atoms with Gasteiger partial charge in [-0.05, 0) is 87.0 Å². The van der Waals surface area contributed by atoms with Crippen molar-refractivity contribution in [1.29, 1.82) is 0 Å². The first-order valence-electron chi connectivity index (χ1n) is 17.0. The van der Waals surface area contributed by atoms with E-state index in [1.54, 1.807) is 7.11 Å². The van der Waals surface area contributed by atoms with Gasteiger partial charge in [-0.15, -0.1) is 0 Å². The minimum atomic E-state index is -1.27. The molecule has 254 valence electrons. The first kappa shape index (κ1) is 33.8. The number of fused-ring (bicyclic) bond motifs is 3. The summed E-state index contributed by atoms with van der Waals surface area (Å²) in [6.07, 6.45) is 0.131. The van der Waals surface area contributed by atoms with Gasteiger partial charge in [-0.2, -0.15) is 0 Å². The highest BCUT2D eigenvalue weighted by Gasteiger charge is 2.66. The third-order valence-electron chi connectivity index (χ3n) is 11.2. The van der Waals surface area contributed by atoms with E-state index in [0.29, 0.717) is 19.5 Å². The minimum absolute atomic E-state index is 0.0761. The lowest BCUT2D eigenvalue weighted by atomic mass is 9.63. The van der Waals surface area contributed by atoms with E-state index in [4.69, 9.17) is 9.47 Å². The lowest BCUT2D eigenvalue weighted by molar-refractivity contribution is -0.151. The van der Waals surface area contributed by atoms with Gasteiger partial charge in [0.05, 0.1) is 44.5 Å². The highest BCUT2D eigenvalue weighted by Crippen LogP contribution is 2.60. The Kier molecular flexibility index (Phi) is 9.09. The van der Waals surface area contributed by atoms with Crippen molar-refractivity contribution in [3.8, 4) is 5.75 Å². The van der Waals surface area contributed by atoms with Gasteiger partial charge in [0.1, 0.15) is 5.75 Å². The maximum atomic E-state index is 15.0. The average Bonchev–Trinajstić information content (AvgIpc) is 3.53. The van der Waals surface area contributed by atoms with Crippen LogP contribution in [0, 0.1) is 15.4 Å². The third-order valence-corrected chi connectivity index (χ3v) is 11.9. The molecule has 3 heterocycles. The molecule has 4 aromatic rings. The summed E-state index contributed by atoms with van der Waals surface area (Å²) in [6.45, 7) is 7.26. The molecule has 7 nitrogen and oxygen atoms in total. The summed E-state index contributed by atoms with van der Waals surface area (Å²) in [6, 6.07) is 32.1. The number of halogens is 1. The van der Waals surface area contributed by atoms with Crippen molar-refractivity contribution in [3.05, 3.63) is 128 Å². The van der Waals surface area contributed by atoms with Gasteiger partial charge in [0, 0.05) is 27.5 Å². The number of aliphatic hydroxyl groups is 1. The van der Waals surface area contributed by atoms with Crippen molar-refractivity contribution in [3.63, 3.8) is 0 Å². The standard InChI is InChI=1S/C41H43IN2O5/c1-26-38(40(2,3)30-14-17-33(48-4)18-15-30)36(22-37(46)43-24-29-13-9-8-12-28(29)20-32(43)25-45)49-41(26)34-21-31(42)16-19-35(34)44(39(41)47)23-27-10-6-5-7-11-27/h5-19,21,26,32,36,38,45H,20,22-25H2,1-4H3/t26-,32+,36+,38-,41+/m1/s1. The molecule has 49 heavy (non-hydrogen) atoms. The maximum absolute atomic E-state index is 15.0. The van der Waals surface area contributed by atoms with Gasteiger partial charge in [-0.3, -0.25) is 9.59 Å². The number of rotatable bonds is 8. The van der Waals surface area contributed by atoms with Crippen LogP contribution in [0.15, 0.2) is 97.1 Å². The van der Waals surface area contributed by atoms with E-state index in [1.807, 2.05) is 76.5 Å². The molecule has 0 radical (unpaired) electrons. The normalized spacial score (nSPS) is 24.7. The first-order valence-corrected chi connectivity index (χ1v) is 18.1. The number of hydrogen-bond donors (Lipinski definition) is 1. The number of nitrogens with zero attached hydrogens (tertiary/aromatic N) is 2. The zero-order valence-electron chi connectivity index (χ0n) is 28.4. The number of anilines is 1. The summed E-state index contributed by atoms with van der Waals surface area (Å²) in [5, 5.41) is 10.4. The van der Waals surface area contributed by atoms with E-state index in [1.165, 1.54) is 0 Å². The Hall–Kier alpha value is -3.73. The Morgan fingerprint density at radius 1 is 1.00 bits per heavy atom. The van der Waals surface area contributed by atoms with Crippen LogP contribution >= 0.6 is 22.6 Å². The SMILES string of the molecule is COc1ccc(C(C)(C)[C@H]2[C@H](CC(=O)N3Cc4ccccc4C[C@H]3CO)O[C@@]3(C(=O)N(Cc4ccccc4)c4ccc(I)cc43)[C@@H]2C)cc1. The first-order chi connectivity index (χ1) is 23.6. The van der Waals surface area contributed by atoms with Gasteiger partial charge in [0.2, 0.25) is 5.91 Å². The largest absolute Gasteiger partial charge is 0.497 e. The fraction of sp³-hybridized carbons (Fsp3) is 0.366. The molecule has 0 saturated carbocycles. The summed E-state index contributed by atoms with van der Waals surface area (Å²) < 4.78 is 13.7. The monoisotopic (exact) mass is 770 g/mol. The lowest BCUT2D eigenvalue weighted by Crippen LogP contribution is -2.48. The Labute approximate surface area is 302 Å². The molecule has 1 saturated heterocycles. The molecule has 1 N–H and O–H groups in total. The molecule has 5 atom stereocenters. The van der Waals surface area contributed by atoms with Crippen molar-refractivity contribution in [2.45, 2.75) is 69.9 Å². The Balaban J connectivity index is 1.30. The summed E-state index contributed by atoms with van der Waals surface area (Å²) in [4.78, 5) is 33.1. The quantitative estimate of drug-likeness (QED) is 0.195. The van der Waals surface area contributed by atoms with Crippen LogP contribution < -0.4 is 9.64 Å². The number of ether oxygens (including phenoxy) is 2. The van der Waals surface area contributed by atoms with E-state index in [-0.39, 0.29) is 42.7 Å². The van der Waals surface area contributed by atoms with Crippen LogP contribution in [0.2, 0.25) is 0 Å². The fourth-order valence-corrected chi connectivity index (χ4v) is 9.23. The number of benzene rings is 4. The van der Waals surface area contributed by atoms with Crippen LogP contribution in [-0.2, 0) is 44.9 Å². The number of hydrogen-bond acceptors (Lipinski definition) is 5. The van der Waals surface area contributed by atoms with Gasteiger partial charge in [-0.1, -0.05) is 87.5 Å². The number of carbonyl (C=O) groups excluding carboxylic acids is 2. The van der Waals surface area contributed by atoms with Crippen LogP contribution in [0.3, 0.4) is 0 Å².